The van der Waals surface area contributed by atoms with Crippen LogP contribution < -0.4 is 10.6 Å². The number of aliphatic hydroxyl groups is 4. The van der Waals surface area contributed by atoms with E-state index in [-0.39, 0.29) is 11.3 Å². The molecule has 0 radical (unpaired) electrons. The van der Waals surface area contributed by atoms with Crippen molar-refractivity contribution in [3.8, 4) is 5.75 Å². The summed E-state index contributed by atoms with van der Waals surface area (Å²) in [5.74, 6) is -9.19. The molecule has 6 rings (SSSR count). The van der Waals surface area contributed by atoms with Gasteiger partial charge >= 0.3 is 0 Å². The number of amides is 1. The summed E-state index contributed by atoms with van der Waals surface area (Å²) >= 11 is 0. The zero-order valence-electron chi connectivity index (χ0n) is 26.2. The Hall–Kier alpha value is -4.97. The summed E-state index contributed by atoms with van der Waals surface area (Å²) in [6.07, 6.45) is -1.65. The Kier molecular flexibility index (Phi) is 7.95. The SMILES string of the molecule is C[C@@H]1c2ccc(N(Cc3ccccc3)Cc3ccccc3)c(O)c2C(O)=C2C(=O)[C@@]3(O)C(O)=C(C(N)=O)C(=O)[C@@H](N(C)C)[C@@H]3[C@@H](O)[C@@H]21. The predicted molar refractivity (Wildman–Crippen MR) is 173 cm³/mol. The lowest BCUT2D eigenvalue weighted by molar-refractivity contribution is -0.169. The number of carbonyl (C=O) groups is 3. The molecule has 0 spiro atoms. The first kappa shape index (κ1) is 32.0. The highest BCUT2D eigenvalue weighted by atomic mass is 16.4. The third-order valence-electron chi connectivity index (χ3n) is 9.88. The number of hydrogen-bond donors (Lipinski definition) is 6. The van der Waals surface area contributed by atoms with Crippen molar-refractivity contribution in [3.63, 3.8) is 0 Å². The number of likely N-dealkylation sites (N-methyl/N-ethyl adjacent to an activating group) is 1. The zero-order chi connectivity index (χ0) is 33.9. The first-order chi connectivity index (χ1) is 22.3. The second-order valence-electron chi connectivity index (χ2n) is 12.8. The number of fused-ring (bicyclic) bond motifs is 3. The van der Waals surface area contributed by atoms with E-state index in [9.17, 15) is 39.9 Å². The molecule has 11 heteroatoms. The van der Waals surface area contributed by atoms with Crippen LogP contribution in [-0.4, -0.2) is 79.7 Å². The van der Waals surface area contributed by atoms with Gasteiger partial charge in [-0.25, -0.2) is 0 Å². The largest absolute Gasteiger partial charge is 0.508 e. The van der Waals surface area contributed by atoms with Gasteiger partial charge in [0.1, 0.15) is 22.8 Å². The summed E-state index contributed by atoms with van der Waals surface area (Å²) in [6.45, 7) is 2.50. The fraction of sp³-hybridized carbons (Fsp3) is 0.306. The third kappa shape index (κ3) is 4.81. The van der Waals surface area contributed by atoms with Crippen LogP contribution in [0.3, 0.4) is 0 Å². The van der Waals surface area contributed by atoms with Crippen LogP contribution in [0.15, 0.2) is 89.7 Å². The average Bonchev–Trinajstić information content (AvgIpc) is 3.03. The molecular weight excluding hydrogens is 602 g/mol. The van der Waals surface area contributed by atoms with Crippen molar-refractivity contribution < 1.29 is 39.9 Å². The second kappa shape index (κ2) is 11.7. The van der Waals surface area contributed by atoms with Crippen LogP contribution in [0.25, 0.3) is 5.76 Å². The van der Waals surface area contributed by atoms with Gasteiger partial charge in [0, 0.05) is 24.6 Å². The van der Waals surface area contributed by atoms with Crippen LogP contribution in [0, 0.1) is 11.8 Å². The number of rotatable bonds is 7. The summed E-state index contributed by atoms with van der Waals surface area (Å²) in [5.41, 5.74) is 3.74. The Morgan fingerprint density at radius 3 is 1.96 bits per heavy atom. The summed E-state index contributed by atoms with van der Waals surface area (Å²) in [4.78, 5) is 43.3. The Morgan fingerprint density at radius 1 is 0.894 bits per heavy atom. The molecule has 1 saturated carbocycles. The van der Waals surface area contributed by atoms with Crippen LogP contribution in [0.2, 0.25) is 0 Å². The fourth-order valence-corrected chi connectivity index (χ4v) is 7.69. The monoisotopic (exact) mass is 639 g/mol. The minimum Gasteiger partial charge on any atom is -0.508 e. The van der Waals surface area contributed by atoms with Crippen molar-refractivity contribution >= 4 is 28.9 Å². The third-order valence-corrected chi connectivity index (χ3v) is 9.88. The number of aromatic hydroxyl groups is 1. The molecule has 0 saturated heterocycles. The normalized spacial score (nSPS) is 27.0. The molecule has 0 heterocycles. The van der Waals surface area contributed by atoms with Crippen molar-refractivity contribution in [2.75, 3.05) is 19.0 Å². The van der Waals surface area contributed by atoms with E-state index < -0.39 is 75.6 Å². The molecule has 3 aliphatic rings. The summed E-state index contributed by atoms with van der Waals surface area (Å²) < 4.78 is 0. The number of phenols is 1. The van der Waals surface area contributed by atoms with E-state index in [2.05, 4.69) is 0 Å². The van der Waals surface area contributed by atoms with Crippen LogP contribution in [-0.2, 0) is 27.5 Å². The highest BCUT2D eigenvalue weighted by Gasteiger charge is 2.68. The number of hydrogen-bond acceptors (Lipinski definition) is 10. The number of anilines is 1. The lowest BCUT2D eigenvalue weighted by Crippen LogP contribution is -2.70. The molecular formula is C36H37N3O8. The van der Waals surface area contributed by atoms with E-state index in [0.717, 1.165) is 11.1 Å². The maximum absolute atomic E-state index is 14.3. The number of ketones is 2. The van der Waals surface area contributed by atoms with Crippen molar-refractivity contribution in [2.45, 2.75) is 43.7 Å². The van der Waals surface area contributed by atoms with Gasteiger partial charge in [-0.3, -0.25) is 19.3 Å². The number of aliphatic hydroxyl groups excluding tert-OH is 3. The molecule has 1 fully saturated rings. The lowest BCUT2D eigenvalue weighted by Gasteiger charge is -2.53. The molecule has 3 aromatic carbocycles. The quantitative estimate of drug-likeness (QED) is 0.210. The van der Waals surface area contributed by atoms with Gasteiger partial charge in [-0.2, -0.15) is 0 Å². The van der Waals surface area contributed by atoms with Gasteiger partial charge < -0.3 is 36.2 Å². The first-order valence-corrected chi connectivity index (χ1v) is 15.3. The number of nitrogens with two attached hydrogens (primary N) is 1. The maximum Gasteiger partial charge on any atom is 0.255 e. The molecule has 47 heavy (non-hydrogen) atoms. The smallest absolute Gasteiger partial charge is 0.255 e. The highest BCUT2D eigenvalue weighted by molar-refractivity contribution is 6.24. The van der Waals surface area contributed by atoms with E-state index in [1.807, 2.05) is 65.6 Å². The molecule has 3 aliphatic carbocycles. The van der Waals surface area contributed by atoms with E-state index >= 15 is 0 Å². The van der Waals surface area contributed by atoms with E-state index in [1.54, 1.807) is 19.1 Å². The van der Waals surface area contributed by atoms with Crippen molar-refractivity contribution in [2.24, 2.45) is 17.6 Å². The van der Waals surface area contributed by atoms with Gasteiger partial charge in [0.05, 0.1) is 29.3 Å². The zero-order valence-corrected chi connectivity index (χ0v) is 26.2. The van der Waals surface area contributed by atoms with Gasteiger partial charge in [0.2, 0.25) is 5.78 Å². The molecule has 0 aromatic heterocycles. The topological polar surface area (TPSA) is 185 Å². The molecule has 1 amide bonds. The Balaban J connectivity index is 1.53. The van der Waals surface area contributed by atoms with Gasteiger partial charge in [0.25, 0.3) is 5.91 Å². The average molecular weight is 640 g/mol. The second-order valence-corrected chi connectivity index (χ2v) is 12.8. The summed E-state index contributed by atoms with van der Waals surface area (Å²) in [7, 11) is 2.94. The first-order valence-electron chi connectivity index (χ1n) is 15.3. The minimum atomic E-state index is -2.97. The number of phenolic OH excluding ortho intramolecular Hbond substituents is 1. The predicted octanol–water partition coefficient (Wildman–Crippen LogP) is 2.70. The molecule has 0 bridgehead atoms. The molecule has 0 aliphatic heterocycles. The van der Waals surface area contributed by atoms with Gasteiger partial charge in [-0.15, -0.1) is 0 Å². The van der Waals surface area contributed by atoms with E-state index in [4.69, 9.17) is 5.73 Å². The van der Waals surface area contributed by atoms with Crippen LogP contribution in [0.1, 0.15) is 35.1 Å². The molecule has 0 unspecified atom stereocenters. The molecule has 244 valence electrons. The Bertz CT molecular complexity index is 1800. The maximum atomic E-state index is 14.3. The highest BCUT2D eigenvalue weighted by Crippen LogP contribution is 2.57. The summed E-state index contributed by atoms with van der Waals surface area (Å²) in [6, 6.07) is 21.3. The van der Waals surface area contributed by atoms with Crippen molar-refractivity contribution in [3.05, 3.63) is 112 Å². The molecule has 11 nitrogen and oxygen atoms in total. The van der Waals surface area contributed by atoms with Crippen LogP contribution >= 0.6 is 0 Å². The number of Topliss-reactive ketones (excluding diaryl/α,β-unsaturated/α-hetero) is 2. The lowest BCUT2D eigenvalue weighted by atomic mass is 9.54. The summed E-state index contributed by atoms with van der Waals surface area (Å²) in [5, 5.41) is 58.6. The van der Waals surface area contributed by atoms with Crippen LogP contribution in [0.5, 0.6) is 5.75 Å². The Labute approximate surface area is 271 Å². The van der Waals surface area contributed by atoms with E-state index in [0.29, 0.717) is 24.3 Å². The van der Waals surface area contributed by atoms with Crippen molar-refractivity contribution in [1.82, 2.24) is 4.90 Å². The molecule has 6 atom stereocenters. The fourth-order valence-electron chi connectivity index (χ4n) is 7.69. The molecule has 3 aromatic rings. The van der Waals surface area contributed by atoms with Crippen LogP contribution in [0.4, 0.5) is 5.69 Å². The van der Waals surface area contributed by atoms with Gasteiger partial charge in [-0.05, 0) is 42.8 Å². The standard InChI is InChI=1S/C36H37N3O8/c1-18-21-14-15-22(39(16-19-10-6-4-7-11-19)17-20-12-8-5-9-13-20)29(40)24(21)30(41)25-23(18)31(42)27-28(38(2)3)32(43)26(35(37)46)34(45)36(27,47)33(25)44/h4-15,18,23,27-28,31,40-42,45,47H,16-17H2,1-3H3,(H2,37,46)/t18-,23-,27-,28+,31+,36-/m1/s1. The van der Waals surface area contributed by atoms with Gasteiger partial charge in [-0.1, -0.05) is 73.7 Å². The number of primary amides is 1. The van der Waals surface area contributed by atoms with E-state index in [1.165, 1.54) is 19.0 Å². The van der Waals surface area contributed by atoms with Gasteiger partial charge in [0.15, 0.2) is 11.4 Å². The van der Waals surface area contributed by atoms with Crippen molar-refractivity contribution in [1.29, 1.82) is 0 Å². The Morgan fingerprint density at radius 2 is 1.45 bits per heavy atom. The minimum absolute atomic E-state index is 0.0513. The number of nitrogens with zero attached hydrogens (tertiary/aromatic N) is 2. The molecule has 7 N–H and O–H groups in total. The number of carbonyl (C=O) groups excluding carboxylic acids is 3. The number of benzene rings is 3.